The first-order chi connectivity index (χ1) is 13.6. The Morgan fingerprint density at radius 2 is 1.45 bits per heavy atom. The van der Waals surface area contributed by atoms with Crippen molar-refractivity contribution in [2.45, 2.75) is 45.1 Å². The SMILES string of the molecule is CC(C)[C@@H](NC(=O)[C@H](O)[C@@H](O)C(=O)O)C(=O)N[C@H](C)c1cccc2ccccc12. The molecule has 0 heterocycles. The van der Waals surface area contributed by atoms with E-state index in [0.29, 0.717) is 0 Å². The summed E-state index contributed by atoms with van der Waals surface area (Å²) in [5.41, 5.74) is 0.909. The van der Waals surface area contributed by atoms with Gasteiger partial charge in [0.1, 0.15) is 6.04 Å². The Labute approximate surface area is 168 Å². The number of amides is 2. The van der Waals surface area contributed by atoms with Gasteiger partial charge in [0.15, 0.2) is 12.2 Å². The molecule has 0 aliphatic carbocycles. The molecule has 0 fully saturated rings. The van der Waals surface area contributed by atoms with Crippen LogP contribution in [0.1, 0.15) is 32.4 Å². The maximum Gasteiger partial charge on any atom is 0.335 e. The van der Waals surface area contributed by atoms with Crippen LogP contribution in [-0.4, -0.2) is 51.4 Å². The molecule has 29 heavy (non-hydrogen) atoms. The lowest BCUT2D eigenvalue weighted by Crippen LogP contribution is -2.55. The van der Waals surface area contributed by atoms with E-state index >= 15 is 0 Å². The highest BCUT2D eigenvalue weighted by Crippen LogP contribution is 2.24. The van der Waals surface area contributed by atoms with Crippen molar-refractivity contribution in [3.63, 3.8) is 0 Å². The summed E-state index contributed by atoms with van der Waals surface area (Å²) < 4.78 is 0. The van der Waals surface area contributed by atoms with Crippen molar-refractivity contribution in [2.75, 3.05) is 0 Å². The normalized spacial score (nSPS) is 15.4. The van der Waals surface area contributed by atoms with E-state index in [1.807, 2.05) is 49.4 Å². The van der Waals surface area contributed by atoms with Crippen molar-refractivity contribution in [1.29, 1.82) is 0 Å². The minimum absolute atomic E-state index is 0.340. The molecule has 0 unspecified atom stereocenters. The molecule has 0 saturated heterocycles. The second kappa shape index (κ2) is 9.49. The number of carbonyl (C=O) groups is 3. The lowest BCUT2D eigenvalue weighted by Gasteiger charge is -2.26. The number of carbonyl (C=O) groups excluding carboxylic acids is 2. The van der Waals surface area contributed by atoms with Gasteiger partial charge in [-0.05, 0) is 29.2 Å². The summed E-state index contributed by atoms with van der Waals surface area (Å²) in [5, 5.41) is 34.9. The molecule has 0 aromatic heterocycles. The summed E-state index contributed by atoms with van der Waals surface area (Å²) in [6.07, 6.45) is -4.46. The van der Waals surface area contributed by atoms with Crippen LogP contribution >= 0.6 is 0 Å². The number of nitrogens with one attached hydrogen (secondary N) is 2. The average molecular weight is 402 g/mol. The van der Waals surface area contributed by atoms with Gasteiger partial charge in [-0.15, -0.1) is 0 Å². The minimum Gasteiger partial charge on any atom is -0.479 e. The van der Waals surface area contributed by atoms with Crippen molar-refractivity contribution >= 4 is 28.6 Å². The number of hydrogen-bond acceptors (Lipinski definition) is 5. The fourth-order valence-corrected chi connectivity index (χ4v) is 3.06. The smallest absolute Gasteiger partial charge is 0.335 e. The summed E-state index contributed by atoms with van der Waals surface area (Å²) in [5.74, 6) is -3.69. The molecule has 4 atom stereocenters. The molecule has 5 N–H and O–H groups in total. The second-order valence-corrected chi connectivity index (χ2v) is 7.26. The van der Waals surface area contributed by atoms with Crippen LogP contribution in [0.2, 0.25) is 0 Å². The van der Waals surface area contributed by atoms with Crippen molar-refractivity contribution in [3.05, 3.63) is 48.0 Å². The summed E-state index contributed by atoms with van der Waals surface area (Å²) in [4.78, 5) is 35.6. The largest absolute Gasteiger partial charge is 0.479 e. The van der Waals surface area contributed by atoms with Gasteiger partial charge < -0.3 is 26.0 Å². The Balaban J connectivity index is 2.14. The number of carboxylic acids is 1. The lowest BCUT2D eigenvalue weighted by atomic mass is 9.98. The predicted octanol–water partition coefficient (Wildman–Crippen LogP) is 0.964. The number of carboxylic acid groups (broad SMARTS) is 1. The van der Waals surface area contributed by atoms with Gasteiger partial charge in [0, 0.05) is 0 Å². The van der Waals surface area contributed by atoms with E-state index < -0.39 is 36.0 Å². The van der Waals surface area contributed by atoms with E-state index in [4.69, 9.17) is 5.11 Å². The maximum atomic E-state index is 12.8. The van der Waals surface area contributed by atoms with Crippen LogP contribution in [0.25, 0.3) is 10.8 Å². The van der Waals surface area contributed by atoms with Crippen LogP contribution in [0.15, 0.2) is 42.5 Å². The van der Waals surface area contributed by atoms with Crippen LogP contribution < -0.4 is 10.6 Å². The predicted molar refractivity (Wildman–Crippen MR) is 107 cm³/mol. The third kappa shape index (κ3) is 5.30. The molecule has 0 bridgehead atoms. The number of hydrogen-bond donors (Lipinski definition) is 5. The van der Waals surface area contributed by atoms with E-state index in [2.05, 4.69) is 10.6 Å². The Morgan fingerprint density at radius 1 is 0.828 bits per heavy atom. The summed E-state index contributed by atoms with van der Waals surface area (Å²) >= 11 is 0. The first-order valence-corrected chi connectivity index (χ1v) is 9.30. The monoisotopic (exact) mass is 402 g/mol. The van der Waals surface area contributed by atoms with Crippen LogP contribution in [0.3, 0.4) is 0 Å². The number of rotatable bonds is 8. The van der Waals surface area contributed by atoms with Gasteiger partial charge in [-0.2, -0.15) is 0 Å². The lowest BCUT2D eigenvalue weighted by molar-refractivity contribution is -0.158. The van der Waals surface area contributed by atoms with Crippen LogP contribution in [0.4, 0.5) is 0 Å². The van der Waals surface area contributed by atoms with E-state index in [1.165, 1.54) is 0 Å². The highest BCUT2D eigenvalue weighted by atomic mass is 16.4. The van der Waals surface area contributed by atoms with E-state index in [1.54, 1.807) is 13.8 Å². The molecular weight excluding hydrogens is 376 g/mol. The van der Waals surface area contributed by atoms with Crippen molar-refractivity contribution in [3.8, 4) is 0 Å². The number of aliphatic hydroxyl groups excluding tert-OH is 2. The van der Waals surface area contributed by atoms with Gasteiger partial charge in [0.05, 0.1) is 6.04 Å². The quantitative estimate of drug-likeness (QED) is 0.446. The van der Waals surface area contributed by atoms with Gasteiger partial charge in [-0.1, -0.05) is 56.3 Å². The van der Waals surface area contributed by atoms with Gasteiger partial charge in [0.25, 0.3) is 5.91 Å². The molecule has 156 valence electrons. The van der Waals surface area contributed by atoms with Crippen LogP contribution in [0.5, 0.6) is 0 Å². The molecule has 2 amide bonds. The fraction of sp³-hybridized carbons (Fsp3) is 0.381. The molecule has 2 aromatic carbocycles. The first kappa shape index (κ1) is 22.3. The summed E-state index contributed by atoms with van der Waals surface area (Å²) in [7, 11) is 0. The average Bonchev–Trinajstić information content (AvgIpc) is 2.69. The van der Waals surface area contributed by atoms with E-state index in [9.17, 15) is 24.6 Å². The molecule has 8 nitrogen and oxygen atoms in total. The topological polar surface area (TPSA) is 136 Å². The Kier molecular flexibility index (Phi) is 7.30. The third-order valence-electron chi connectivity index (χ3n) is 4.72. The number of aliphatic hydroxyl groups is 2. The Bertz CT molecular complexity index is 892. The van der Waals surface area contributed by atoms with Crippen molar-refractivity contribution < 1.29 is 29.7 Å². The minimum atomic E-state index is -2.28. The maximum absolute atomic E-state index is 12.8. The van der Waals surface area contributed by atoms with E-state index in [-0.39, 0.29) is 12.0 Å². The zero-order valence-corrected chi connectivity index (χ0v) is 16.5. The van der Waals surface area contributed by atoms with Gasteiger partial charge in [-0.25, -0.2) is 4.79 Å². The number of fused-ring (bicyclic) bond motifs is 1. The van der Waals surface area contributed by atoms with E-state index in [0.717, 1.165) is 16.3 Å². The summed E-state index contributed by atoms with van der Waals surface area (Å²) in [6, 6.07) is 12.2. The molecule has 0 aliphatic rings. The fourth-order valence-electron chi connectivity index (χ4n) is 3.06. The molecule has 2 aromatic rings. The molecule has 0 spiro atoms. The first-order valence-electron chi connectivity index (χ1n) is 9.30. The zero-order valence-electron chi connectivity index (χ0n) is 16.5. The van der Waals surface area contributed by atoms with Crippen LogP contribution in [0, 0.1) is 5.92 Å². The molecular formula is C21H26N2O6. The highest BCUT2D eigenvalue weighted by molar-refractivity contribution is 5.93. The van der Waals surface area contributed by atoms with Crippen molar-refractivity contribution in [1.82, 2.24) is 10.6 Å². The zero-order chi connectivity index (χ0) is 21.7. The molecule has 0 radical (unpaired) electrons. The van der Waals surface area contributed by atoms with Crippen LogP contribution in [-0.2, 0) is 14.4 Å². The summed E-state index contributed by atoms with van der Waals surface area (Å²) in [6.45, 7) is 5.22. The molecule has 0 saturated carbocycles. The molecule has 8 heteroatoms. The molecule has 2 rings (SSSR count). The van der Waals surface area contributed by atoms with Gasteiger partial charge in [0.2, 0.25) is 5.91 Å². The number of benzene rings is 2. The van der Waals surface area contributed by atoms with Gasteiger partial charge >= 0.3 is 5.97 Å². The number of aliphatic carboxylic acids is 1. The third-order valence-corrected chi connectivity index (χ3v) is 4.72. The molecule has 0 aliphatic heterocycles. The van der Waals surface area contributed by atoms with Gasteiger partial charge in [-0.3, -0.25) is 9.59 Å². The Hall–Kier alpha value is -2.97. The standard InChI is InChI=1S/C21H26N2O6/c1-11(2)16(23-20(27)17(24)18(25)21(28)29)19(26)22-12(3)14-10-6-8-13-7-4-5-9-15(13)14/h4-12,16-18,24-25H,1-3H3,(H,22,26)(H,23,27)(H,28,29)/t12-,16-,17-,18-/m1/s1. The highest BCUT2D eigenvalue weighted by Gasteiger charge is 2.34. The Morgan fingerprint density at radius 3 is 2.07 bits per heavy atom. The van der Waals surface area contributed by atoms with Crippen molar-refractivity contribution in [2.24, 2.45) is 5.92 Å². The second-order valence-electron chi connectivity index (χ2n) is 7.26.